The number of hydrogen-bond donors (Lipinski definition) is 1. The molecule has 1 atom stereocenters. The Hall–Kier alpha value is -1.60. The van der Waals surface area contributed by atoms with Crippen LogP contribution in [0.3, 0.4) is 0 Å². The minimum Gasteiger partial charge on any atom is -0.465 e. The lowest BCUT2D eigenvalue weighted by molar-refractivity contribution is -0.168. The molecule has 1 amide bonds. The molecule has 1 aliphatic heterocycles. The van der Waals surface area contributed by atoms with Gasteiger partial charge in [-0.25, -0.2) is 0 Å². The Morgan fingerprint density at radius 2 is 2.40 bits per heavy atom. The highest BCUT2D eigenvalue weighted by Crippen LogP contribution is 2.21. The second-order valence-electron chi connectivity index (χ2n) is 5.52. The maximum Gasteiger partial charge on any atom is 0.260 e. The van der Waals surface area contributed by atoms with Crippen molar-refractivity contribution in [3.8, 4) is 5.88 Å². The molecule has 1 fully saturated rings. The molecule has 2 heterocycles. The lowest BCUT2D eigenvalue weighted by atomic mass is 10.1. The summed E-state index contributed by atoms with van der Waals surface area (Å²) in [5.74, 6) is 0.753. The molecule has 1 aromatic heterocycles. The first-order valence-electron chi connectivity index (χ1n) is 6.52. The average molecular weight is 284 g/mol. The van der Waals surface area contributed by atoms with Crippen molar-refractivity contribution >= 4 is 5.91 Å². The zero-order valence-electron chi connectivity index (χ0n) is 12.0. The predicted octanol–water partition coefficient (Wildman–Crippen LogP) is 0.360. The van der Waals surface area contributed by atoms with Gasteiger partial charge in [0, 0.05) is 19.2 Å². The van der Waals surface area contributed by atoms with Crippen LogP contribution in [0.1, 0.15) is 19.6 Å². The molecule has 1 aromatic rings. The van der Waals surface area contributed by atoms with Crippen molar-refractivity contribution in [3.05, 3.63) is 11.8 Å². The Morgan fingerprint density at radius 1 is 1.65 bits per heavy atom. The van der Waals surface area contributed by atoms with Crippen molar-refractivity contribution in [3.63, 3.8) is 0 Å². The van der Waals surface area contributed by atoms with Crippen molar-refractivity contribution in [2.75, 3.05) is 26.3 Å². The largest absolute Gasteiger partial charge is 0.465 e. The summed E-state index contributed by atoms with van der Waals surface area (Å²) >= 11 is 0. The molecule has 7 heteroatoms. The summed E-state index contributed by atoms with van der Waals surface area (Å²) in [6.45, 7) is 6.12. The highest BCUT2D eigenvalue weighted by atomic mass is 16.5. The first kappa shape index (κ1) is 14.8. The number of aliphatic hydroxyl groups is 1. The maximum atomic E-state index is 12.1. The van der Waals surface area contributed by atoms with Crippen molar-refractivity contribution in [2.45, 2.75) is 32.5 Å². The van der Waals surface area contributed by atoms with Gasteiger partial charge in [-0.1, -0.05) is 0 Å². The molecule has 1 aliphatic rings. The number of nitrogens with zero attached hydrogens (tertiary/aromatic N) is 2. The molecule has 0 bridgehead atoms. The standard InChI is InChI=1S/C13H20N2O5/c1-9-4-11(14-20-9)18-7-12(17)15-5-10(6-16)19-13(2,3)8-15/h4,10,16H,5-8H2,1-3H3. The minimum atomic E-state index is -0.480. The van der Waals surface area contributed by atoms with Crippen LogP contribution in [0.25, 0.3) is 0 Å². The maximum absolute atomic E-state index is 12.1. The summed E-state index contributed by atoms with van der Waals surface area (Å²) in [6.07, 6.45) is -0.364. The summed E-state index contributed by atoms with van der Waals surface area (Å²) < 4.78 is 15.8. The predicted molar refractivity (Wildman–Crippen MR) is 69.4 cm³/mol. The van der Waals surface area contributed by atoms with Crippen LogP contribution >= 0.6 is 0 Å². The zero-order valence-corrected chi connectivity index (χ0v) is 12.0. The Balaban J connectivity index is 1.91. The van der Waals surface area contributed by atoms with Gasteiger partial charge in [0.1, 0.15) is 5.76 Å². The Kier molecular flexibility index (Phi) is 4.29. The van der Waals surface area contributed by atoms with Gasteiger partial charge < -0.3 is 24.0 Å². The van der Waals surface area contributed by atoms with Crippen molar-refractivity contribution < 1.29 is 23.9 Å². The molecule has 1 unspecified atom stereocenters. The number of amides is 1. The number of aliphatic hydroxyl groups excluding tert-OH is 1. The van der Waals surface area contributed by atoms with Gasteiger partial charge in [0.2, 0.25) is 0 Å². The Labute approximate surface area is 117 Å². The van der Waals surface area contributed by atoms with E-state index in [9.17, 15) is 9.90 Å². The third-order valence-corrected chi connectivity index (χ3v) is 2.99. The topological polar surface area (TPSA) is 85.0 Å². The third-order valence-electron chi connectivity index (χ3n) is 2.99. The van der Waals surface area contributed by atoms with Gasteiger partial charge in [0.25, 0.3) is 11.8 Å². The van der Waals surface area contributed by atoms with Crippen LogP contribution in [-0.2, 0) is 9.53 Å². The average Bonchev–Trinajstić information content (AvgIpc) is 2.79. The molecule has 7 nitrogen and oxygen atoms in total. The summed E-state index contributed by atoms with van der Waals surface area (Å²) in [5, 5.41) is 12.9. The molecule has 112 valence electrons. The van der Waals surface area contributed by atoms with E-state index in [1.807, 2.05) is 13.8 Å². The van der Waals surface area contributed by atoms with Crippen LogP contribution in [0.15, 0.2) is 10.6 Å². The van der Waals surface area contributed by atoms with Gasteiger partial charge in [-0.2, -0.15) is 0 Å². The Morgan fingerprint density at radius 3 is 3.00 bits per heavy atom. The molecule has 0 radical (unpaired) electrons. The van der Waals surface area contributed by atoms with Gasteiger partial charge in [0.15, 0.2) is 6.61 Å². The number of aryl methyl sites for hydroxylation is 1. The van der Waals surface area contributed by atoms with Gasteiger partial charge in [-0.3, -0.25) is 4.79 Å². The van der Waals surface area contributed by atoms with Gasteiger partial charge in [-0.15, -0.1) is 0 Å². The SMILES string of the molecule is Cc1cc(OCC(=O)N2CC(CO)OC(C)(C)C2)no1. The number of rotatable bonds is 4. The van der Waals surface area contributed by atoms with Crippen LogP contribution in [0.4, 0.5) is 0 Å². The second-order valence-corrected chi connectivity index (χ2v) is 5.52. The molecule has 0 aliphatic carbocycles. The van der Waals surface area contributed by atoms with Crippen LogP contribution in [0, 0.1) is 6.92 Å². The Bertz CT molecular complexity index is 471. The molecule has 1 N–H and O–H groups in total. The number of aromatic nitrogens is 1. The van der Waals surface area contributed by atoms with E-state index >= 15 is 0 Å². The van der Waals surface area contributed by atoms with Crippen LogP contribution in [0.2, 0.25) is 0 Å². The summed E-state index contributed by atoms with van der Waals surface area (Å²) in [5.41, 5.74) is -0.480. The quantitative estimate of drug-likeness (QED) is 0.859. The normalized spacial score (nSPS) is 21.8. The van der Waals surface area contributed by atoms with E-state index in [2.05, 4.69) is 5.16 Å². The van der Waals surface area contributed by atoms with Gasteiger partial charge >= 0.3 is 0 Å². The fourth-order valence-corrected chi connectivity index (χ4v) is 2.22. The van der Waals surface area contributed by atoms with Crippen LogP contribution in [-0.4, -0.2) is 59.1 Å². The van der Waals surface area contributed by atoms with E-state index < -0.39 is 5.60 Å². The lowest BCUT2D eigenvalue weighted by Gasteiger charge is -2.42. The van der Waals surface area contributed by atoms with E-state index in [1.165, 1.54) is 0 Å². The molecule has 0 saturated carbocycles. The van der Waals surface area contributed by atoms with E-state index in [0.29, 0.717) is 24.7 Å². The lowest BCUT2D eigenvalue weighted by Crippen LogP contribution is -2.56. The third kappa shape index (κ3) is 3.71. The molecule has 20 heavy (non-hydrogen) atoms. The van der Waals surface area contributed by atoms with Crippen LogP contribution in [0.5, 0.6) is 5.88 Å². The van der Waals surface area contributed by atoms with Crippen molar-refractivity contribution in [1.29, 1.82) is 0 Å². The fraction of sp³-hybridized carbons (Fsp3) is 0.692. The number of carbonyl (C=O) groups is 1. The summed E-state index contributed by atoms with van der Waals surface area (Å²) in [6, 6.07) is 1.62. The highest BCUT2D eigenvalue weighted by molar-refractivity contribution is 5.78. The van der Waals surface area contributed by atoms with Crippen molar-refractivity contribution in [1.82, 2.24) is 10.1 Å². The smallest absolute Gasteiger partial charge is 0.260 e. The molecule has 0 aromatic carbocycles. The zero-order chi connectivity index (χ0) is 14.8. The summed E-state index contributed by atoms with van der Waals surface area (Å²) in [4.78, 5) is 13.8. The van der Waals surface area contributed by atoms with Crippen molar-refractivity contribution in [2.24, 2.45) is 0 Å². The summed E-state index contributed by atoms with van der Waals surface area (Å²) in [7, 11) is 0. The number of morpholine rings is 1. The van der Waals surface area contributed by atoms with E-state index in [1.54, 1.807) is 17.9 Å². The monoisotopic (exact) mass is 284 g/mol. The van der Waals surface area contributed by atoms with E-state index in [-0.39, 0.29) is 25.2 Å². The molecular weight excluding hydrogens is 264 g/mol. The number of carbonyl (C=O) groups excluding carboxylic acids is 1. The minimum absolute atomic E-state index is 0.111. The van der Waals surface area contributed by atoms with Gasteiger partial charge in [-0.05, 0) is 25.9 Å². The number of ether oxygens (including phenoxy) is 2. The van der Waals surface area contributed by atoms with E-state index in [4.69, 9.17) is 14.0 Å². The van der Waals surface area contributed by atoms with Crippen LogP contribution < -0.4 is 4.74 Å². The van der Waals surface area contributed by atoms with Gasteiger partial charge in [0.05, 0.1) is 18.3 Å². The highest BCUT2D eigenvalue weighted by Gasteiger charge is 2.35. The number of hydrogen-bond acceptors (Lipinski definition) is 6. The first-order valence-corrected chi connectivity index (χ1v) is 6.52. The molecule has 0 spiro atoms. The molecular formula is C13H20N2O5. The second kappa shape index (κ2) is 5.80. The first-order chi connectivity index (χ1) is 9.39. The molecule has 1 saturated heterocycles. The molecule has 2 rings (SSSR count). The van der Waals surface area contributed by atoms with E-state index in [0.717, 1.165) is 0 Å². The fourth-order valence-electron chi connectivity index (χ4n) is 2.22.